The van der Waals surface area contributed by atoms with Crippen molar-refractivity contribution in [3.05, 3.63) is 84.7 Å². The molecule has 6 aromatic rings. The van der Waals surface area contributed by atoms with Crippen molar-refractivity contribution in [1.29, 1.82) is 0 Å². The number of aromatic nitrogens is 10. The van der Waals surface area contributed by atoms with E-state index in [0.717, 1.165) is 21.9 Å². The fourth-order valence-corrected chi connectivity index (χ4v) is 8.26. The predicted molar refractivity (Wildman–Crippen MR) is 203 cm³/mol. The number of phosphoric acid groups is 2. The first-order valence-corrected chi connectivity index (χ1v) is 20.7. The Balaban J connectivity index is 0.808. The van der Waals surface area contributed by atoms with Gasteiger partial charge < -0.3 is 19.3 Å². The molecule has 2 fully saturated rings. The van der Waals surface area contributed by atoms with Gasteiger partial charge in [-0.05, 0) is 59.0 Å². The van der Waals surface area contributed by atoms with E-state index < -0.39 is 64.9 Å². The number of cyclic esters (lactones) is 2. The van der Waals surface area contributed by atoms with Crippen molar-refractivity contribution in [1.82, 2.24) is 50.4 Å². The summed E-state index contributed by atoms with van der Waals surface area (Å²) in [6, 6.07) is 14.4. The quantitative estimate of drug-likeness (QED) is 0.146. The van der Waals surface area contributed by atoms with Crippen LogP contribution in [0.2, 0.25) is 0 Å². The first-order valence-electron chi connectivity index (χ1n) is 17.7. The van der Waals surface area contributed by atoms with Gasteiger partial charge in [-0.3, -0.25) is 28.8 Å². The van der Waals surface area contributed by atoms with E-state index in [1.54, 1.807) is 38.4 Å². The number of tetrazole rings is 2. The zero-order valence-corrected chi connectivity index (χ0v) is 33.3. The van der Waals surface area contributed by atoms with E-state index in [2.05, 4.69) is 45.1 Å². The summed E-state index contributed by atoms with van der Waals surface area (Å²) in [7, 11) is -7.47. The number of aryl methyl sites for hydroxylation is 2. The second kappa shape index (κ2) is 16.5. The monoisotopic (exact) mass is 882 g/mol. The van der Waals surface area contributed by atoms with Gasteiger partial charge in [0, 0.05) is 34.6 Å². The highest BCUT2D eigenvalue weighted by Gasteiger charge is 2.41. The Morgan fingerprint density at radius 3 is 1.46 bits per heavy atom. The number of hydrogen-bond donors (Lipinski definition) is 2. The third-order valence-corrected chi connectivity index (χ3v) is 11.6. The van der Waals surface area contributed by atoms with Gasteiger partial charge in [0.1, 0.15) is 35.2 Å². The highest BCUT2D eigenvalue weighted by molar-refractivity contribution is 7.61. The van der Waals surface area contributed by atoms with E-state index in [1.807, 2.05) is 0 Å². The number of carbonyl (C=O) groups excluding carboxylic acids is 2. The number of ether oxygens (including phenoxy) is 2. The van der Waals surface area contributed by atoms with Crippen molar-refractivity contribution in [2.75, 3.05) is 36.1 Å². The number of rotatable bonds is 14. The molecular weight excluding hydrogens is 852 g/mol. The van der Waals surface area contributed by atoms with Gasteiger partial charge in [-0.15, -0.1) is 20.4 Å². The maximum atomic E-state index is 15.2. The highest BCUT2D eigenvalue weighted by atomic mass is 31.3. The van der Waals surface area contributed by atoms with Crippen LogP contribution in [0.3, 0.4) is 0 Å². The van der Waals surface area contributed by atoms with Crippen LogP contribution >= 0.6 is 15.6 Å². The van der Waals surface area contributed by atoms with Crippen molar-refractivity contribution in [2.45, 2.75) is 12.2 Å². The molecule has 2 N–H and O–H groups in total. The number of benzene rings is 2. The Kier molecular flexibility index (Phi) is 11.2. The second-order valence-electron chi connectivity index (χ2n) is 13.2. The maximum absolute atomic E-state index is 15.2. The summed E-state index contributed by atoms with van der Waals surface area (Å²) >= 11 is 0. The molecule has 61 heavy (non-hydrogen) atoms. The number of nitrogens with zero attached hydrogens (tertiary/aromatic N) is 12. The Morgan fingerprint density at radius 1 is 0.689 bits per heavy atom. The Bertz CT molecular complexity index is 2540. The number of pyridine rings is 2. The Morgan fingerprint density at radius 2 is 1.11 bits per heavy atom. The molecule has 0 spiro atoms. The third-order valence-electron chi connectivity index (χ3n) is 8.95. The SMILES string of the molecule is Cn1nnc(-c2ccc(-c3ccc(N4C[C@H](COP(=O)(O)OP(=O)(O)OC[C@H]5CN(c6ccc(-c7ccc(-c8nnn(C)n8)nc7)c(F)c6)C(=O)O5)OC4=O)cc3F)cn2)n1. The molecule has 4 atom stereocenters. The van der Waals surface area contributed by atoms with E-state index in [9.17, 15) is 28.5 Å². The van der Waals surface area contributed by atoms with E-state index in [-0.39, 0.29) is 47.2 Å². The molecule has 0 radical (unpaired) electrons. The van der Waals surface area contributed by atoms with Crippen molar-refractivity contribution in [3.8, 4) is 45.3 Å². The number of phosphoric ester groups is 2. The third kappa shape index (κ3) is 9.32. The van der Waals surface area contributed by atoms with Gasteiger partial charge >= 0.3 is 27.8 Å². The molecule has 23 nitrogen and oxygen atoms in total. The number of hydrogen-bond acceptors (Lipinski definition) is 17. The van der Waals surface area contributed by atoms with Gasteiger partial charge in [0.25, 0.3) is 0 Å². The van der Waals surface area contributed by atoms with Crippen LogP contribution in [0, 0.1) is 11.6 Å². The lowest BCUT2D eigenvalue weighted by atomic mass is 10.1. The molecule has 0 saturated carbocycles. The lowest BCUT2D eigenvalue weighted by Gasteiger charge is -2.18. The molecule has 0 aliphatic carbocycles. The Hall–Kier alpha value is -6.46. The molecular formula is C34H30F2N12O11P2. The van der Waals surface area contributed by atoms with Crippen LogP contribution in [-0.2, 0) is 46.1 Å². The largest absolute Gasteiger partial charge is 0.481 e. The maximum Gasteiger partial charge on any atom is 0.481 e. The minimum atomic E-state index is -5.34. The zero-order chi connectivity index (χ0) is 43.1. The van der Waals surface area contributed by atoms with Crippen molar-refractivity contribution in [3.63, 3.8) is 0 Å². The van der Waals surface area contributed by atoms with Crippen molar-refractivity contribution < 1.29 is 60.1 Å². The summed E-state index contributed by atoms with van der Waals surface area (Å²) in [4.78, 5) is 58.8. The molecule has 0 bridgehead atoms. The molecule has 316 valence electrons. The van der Waals surface area contributed by atoms with Gasteiger partial charge in [0.05, 0.1) is 51.8 Å². The molecule has 2 amide bonds. The van der Waals surface area contributed by atoms with Crippen LogP contribution in [0.25, 0.3) is 45.3 Å². The lowest BCUT2D eigenvalue weighted by Crippen LogP contribution is -2.26. The number of carbonyl (C=O) groups is 2. The van der Waals surface area contributed by atoms with Crippen LogP contribution in [0.15, 0.2) is 73.1 Å². The van der Waals surface area contributed by atoms with Gasteiger partial charge in [-0.2, -0.15) is 13.9 Å². The fraction of sp³-hybridized carbons (Fsp3) is 0.235. The summed E-state index contributed by atoms with van der Waals surface area (Å²) < 4.78 is 80.0. The van der Waals surface area contributed by atoms with E-state index in [0.29, 0.717) is 22.5 Å². The molecule has 2 unspecified atom stereocenters. The second-order valence-corrected chi connectivity index (χ2v) is 16.3. The summed E-state index contributed by atoms with van der Waals surface area (Å²) in [5.74, 6) is -0.809. The van der Waals surface area contributed by atoms with Crippen LogP contribution in [0.4, 0.5) is 29.7 Å². The molecule has 2 aliphatic rings. The van der Waals surface area contributed by atoms with E-state index >= 15 is 8.78 Å². The van der Waals surface area contributed by atoms with Gasteiger partial charge in [0.2, 0.25) is 11.6 Å². The molecule has 4 aromatic heterocycles. The summed E-state index contributed by atoms with van der Waals surface area (Å²) in [5.41, 5.74) is 2.26. The Labute approximate surface area is 341 Å². The smallest absolute Gasteiger partial charge is 0.441 e. The first kappa shape index (κ1) is 41.3. The minimum Gasteiger partial charge on any atom is -0.441 e. The molecule has 27 heteroatoms. The molecule has 8 rings (SSSR count). The number of amides is 2. The molecule has 2 saturated heterocycles. The summed E-state index contributed by atoms with van der Waals surface area (Å²) in [6.07, 6.45) is -1.36. The van der Waals surface area contributed by atoms with E-state index in [4.69, 9.17) is 18.5 Å². The minimum absolute atomic E-state index is 0.101. The average molecular weight is 883 g/mol. The summed E-state index contributed by atoms with van der Waals surface area (Å²) in [5, 5.41) is 23.4. The normalized spacial score (nSPS) is 18.5. The average Bonchev–Trinajstić information content (AvgIpc) is 4.03. The van der Waals surface area contributed by atoms with Gasteiger partial charge in [-0.25, -0.2) is 27.5 Å². The van der Waals surface area contributed by atoms with E-state index in [1.165, 1.54) is 46.3 Å². The molecule has 2 aliphatic heterocycles. The standard InChI is InChI=1S/C34H30F2N12O11P2/c1-45-41-31(39-43-45)29-9-3-19(13-37-29)25-7-5-21(11-27(25)35)47-15-23(57-33(47)49)17-55-60(51,52)59-61(53,54)56-18-24-16-48(34(50)58-24)22-6-8-26(28(36)12-22)20-4-10-30(38-14-20)32-40-44-46(2)42-32/h3-14,23-24H,15-18H2,1-2H3,(H,51,52)(H,53,54)/t23-,24-/m1/s1. The van der Waals surface area contributed by atoms with Gasteiger partial charge in [-0.1, -0.05) is 12.1 Å². The number of halogens is 2. The van der Waals surface area contributed by atoms with Crippen LogP contribution < -0.4 is 9.80 Å². The fourth-order valence-electron chi connectivity index (χ4n) is 6.13. The first-order chi connectivity index (χ1) is 29.1. The summed E-state index contributed by atoms with van der Waals surface area (Å²) in [6.45, 7) is -2.06. The van der Waals surface area contributed by atoms with Crippen LogP contribution in [-0.4, -0.2) is 111 Å². The topological polar surface area (TPSA) is 274 Å². The zero-order valence-electron chi connectivity index (χ0n) is 31.5. The van der Waals surface area contributed by atoms with Crippen LogP contribution in [0.1, 0.15) is 0 Å². The van der Waals surface area contributed by atoms with Crippen molar-refractivity contribution in [2.24, 2.45) is 14.1 Å². The number of anilines is 2. The highest BCUT2D eigenvalue weighted by Crippen LogP contribution is 2.60. The predicted octanol–water partition coefficient (Wildman–Crippen LogP) is 4.07. The molecule has 2 aromatic carbocycles. The lowest BCUT2D eigenvalue weighted by molar-refractivity contribution is 0.0733. The van der Waals surface area contributed by atoms with Crippen LogP contribution in [0.5, 0.6) is 0 Å². The van der Waals surface area contributed by atoms with Crippen molar-refractivity contribution >= 4 is 39.2 Å². The molecule has 6 heterocycles. The van der Waals surface area contributed by atoms with Gasteiger partial charge in [0.15, 0.2) is 0 Å².